The predicted molar refractivity (Wildman–Crippen MR) is 68.4 cm³/mol. The highest BCUT2D eigenvalue weighted by Gasteiger charge is 1.96. The summed E-state index contributed by atoms with van der Waals surface area (Å²) in [5.74, 6) is -1.60. The van der Waals surface area contributed by atoms with E-state index < -0.39 is 5.97 Å². The number of carboxylic acid groups (broad SMARTS) is 1. The molecule has 0 aromatic heterocycles. The number of aromatic carboxylic acids is 1. The van der Waals surface area contributed by atoms with Crippen molar-refractivity contribution in [1.82, 2.24) is 0 Å². The van der Waals surface area contributed by atoms with E-state index in [-0.39, 0.29) is 11.4 Å². The minimum atomic E-state index is -1.23. The first-order valence-corrected chi connectivity index (χ1v) is 5.52. The summed E-state index contributed by atoms with van der Waals surface area (Å²) >= 11 is 0. The second-order valence-electron chi connectivity index (χ2n) is 3.76. The van der Waals surface area contributed by atoms with Gasteiger partial charge in [0.05, 0.1) is 17.9 Å². The Morgan fingerprint density at radius 3 is 2.47 bits per heavy atom. The highest BCUT2D eigenvalue weighted by Crippen LogP contribution is 2.09. The van der Waals surface area contributed by atoms with Crippen molar-refractivity contribution in [3.63, 3.8) is 0 Å². The van der Waals surface area contributed by atoms with Crippen molar-refractivity contribution < 1.29 is 14.3 Å². The molecule has 0 aliphatic carbocycles. The Kier molecular flexibility index (Phi) is 3.87. The SMILES string of the molecule is O=C([O-])c1ccc(N/N=C\c2ccccc2F)cc1. The smallest absolute Gasteiger partial charge is 0.132 e. The molecule has 1 N–H and O–H groups in total. The second-order valence-corrected chi connectivity index (χ2v) is 3.76. The molecule has 4 nitrogen and oxygen atoms in total. The lowest BCUT2D eigenvalue weighted by molar-refractivity contribution is -0.255. The number of carbonyl (C=O) groups excluding carboxylic acids is 1. The number of carboxylic acids is 1. The van der Waals surface area contributed by atoms with E-state index in [1.54, 1.807) is 30.3 Å². The van der Waals surface area contributed by atoms with Gasteiger partial charge in [-0.1, -0.05) is 30.3 Å². The van der Waals surface area contributed by atoms with E-state index in [4.69, 9.17) is 0 Å². The molecule has 2 rings (SSSR count). The summed E-state index contributed by atoms with van der Waals surface area (Å²) in [7, 11) is 0. The highest BCUT2D eigenvalue weighted by molar-refractivity contribution is 5.86. The summed E-state index contributed by atoms with van der Waals surface area (Å²) in [6, 6.07) is 12.1. The molecule has 0 spiro atoms. The van der Waals surface area contributed by atoms with Gasteiger partial charge in [0.25, 0.3) is 0 Å². The number of nitrogens with one attached hydrogen (secondary N) is 1. The molecule has 19 heavy (non-hydrogen) atoms. The molecule has 0 bridgehead atoms. The van der Waals surface area contributed by atoms with Crippen molar-refractivity contribution in [3.8, 4) is 0 Å². The summed E-state index contributed by atoms with van der Waals surface area (Å²) in [4.78, 5) is 10.5. The first-order valence-electron chi connectivity index (χ1n) is 5.52. The molecule has 0 unspecified atom stereocenters. The molecule has 0 radical (unpaired) electrons. The number of hydrogen-bond donors (Lipinski definition) is 1. The van der Waals surface area contributed by atoms with Crippen LogP contribution in [0.1, 0.15) is 15.9 Å². The van der Waals surface area contributed by atoms with Crippen LogP contribution >= 0.6 is 0 Å². The van der Waals surface area contributed by atoms with Gasteiger partial charge in [0, 0.05) is 5.56 Å². The monoisotopic (exact) mass is 257 g/mol. The van der Waals surface area contributed by atoms with Crippen LogP contribution in [-0.4, -0.2) is 12.2 Å². The van der Waals surface area contributed by atoms with Gasteiger partial charge in [-0.05, 0) is 23.8 Å². The predicted octanol–water partition coefficient (Wildman–Crippen LogP) is 1.64. The van der Waals surface area contributed by atoms with Crippen LogP contribution in [0, 0.1) is 5.82 Å². The minimum absolute atomic E-state index is 0.0867. The summed E-state index contributed by atoms with van der Waals surface area (Å²) in [5, 5.41) is 14.4. The molecule has 0 amide bonds. The van der Waals surface area contributed by atoms with Gasteiger partial charge in [-0.2, -0.15) is 5.10 Å². The van der Waals surface area contributed by atoms with Gasteiger partial charge in [-0.15, -0.1) is 0 Å². The van der Waals surface area contributed by atoms with Gasteiger partial charge in [-0.3, -0.25) is 5.43 Å². The van der Waals surface area contributed by atoms with Crippen molar-refractivity contribution in [1.29, 1.82) is 0 Å². The molecule has 0 heterocycles. The van der Waals surface area contributed by atoms with Crippen LogP contribution in [-0.2, 0) is 0 Å². The third-order valence-electron chi connectivity index (χ3n) is 2.42. The first kappa shape index (κ1) is 12.8. The zero-order chi connectivity index (χ0) is 13.7. The van der Waals surface area contributed by atoms with E-state index in [0.717, 1.165) is 0 Å². The van der Waals surface area contributed by atoms with E-state index in [9.17, 15) is 14.3 Å². The van der Waals surface area contributed by atoms with Crippen LogP contribution in [0.4, 0.5) is 10.1 Å². The van der Waals surface area contributed by atoms with E-state index in [2.05, 4.69) is 10.5 Å². The molecule has 0 aliphatic rings. The first-order chi connectivity index (χ1) is 9.16. The van der Waals surface area contributed by atoms with Gasteiger partial charge in [0.15, 0.2) is 0 Å². The van der Waals surface area contributed by atoms with Crippen molar-refractivity contribution in [2.75, 3.05) is 5.43 Å². The third kappa shape index (κ3) is 3.38. The number of nitrogens with zero attached hydrogens (tertiary/aromatic N) is 1. The number of hydrogen-bond acceptors (Lipinski definition) is 4. The van der Waals surface area contributed by atoms with Gasteiger partial charge in [-0.25, -0.2) is 4.39 Å². The number of anilines is 1. The normalized spacial score (nSPS) is 10.6. The average Bonchev–Trinajstić information content (AvgIpc) is 2.41. The number of carbonyl (C=O) groups is 1. The van der Waals surface area contributed by atoms with E-state index in [1.807, 2.05) is 0 Å². The second kappa shape index (κ2) is 5.77. The number of benzene rings is 2. The van der Waals surface area contributed by atoms with Crippen LogP contribution in [0.3, 0.4) is 0 Å². The van der Waals surface area contributed by atoms with Crippen molar-refractivity contribution in [2.45, 2.75) is 0 Å². The molecule has 0 atom stereocenters. The van der Waals surface area contributed by atoms with Gasteiger partial charge < -0.3 is 9.90 Å². The topological polar surface area (TPSA) is 64.5 Å². The lowest BCUT2D eigenvalue weighted by Gasteiger charge is -2.04. The van der Waals surface area contributed by atoms with Crippen LogP contribution in [0.15, 0.2) is 53.6 Å². The maximum Gasteiger partial charge on any atom is 0.132 e. The molecular formula is C14H10FN2O2-. The molecule has 0 saturated carbocycles. The molecular weight excluding hydrogens is 247 g/mol. The zero-order valence-corrected chi connectivity index (χ0v) is 9.84. The fourth-order valence-corrected chi connectivity index (χ4v) is 1.44. The van der Waals surface area contributed by atoms with Crippen LogP contribution in [0.2, 0.25) is 0 Å². The standard InChI is InChI=1S/C14H11FN2O2/c15-13-4-2-1-3-11(13)9-16-17-12-7-5-10(6-8-12)14(18)19/h1-9,17H,(H,18,19)/p-1/b16-9-. The van der Waals surface area contributed by atoms with Gasteiger partial charge in [0.1, 0.15) is 5.82 Å². The Morgan fingerprint density at radius 2 is 1.84 bits per heavy atom. The zero-order valence-electron chi connectivity index (χ0n) is 9.84. The van der Waals surface area contributed by atoms with Crippen LogP contribution < -0.4 is 10.5 Å². The fraction of sp³-hybridized carbons (Fsp3) is 0. The van der Waals surface area contributed by atoms with E-state index in [0.29, 0.717) is 11.3 Å². The summed E-state index contributed by atoms with van der Waals surface area (Å²) in [6.45, 7) is 0. The lowest BCUT2D eigenvalue weighted by atomic mass is 10.2. The van der Waals surface area contributed by atoms with E-state index >= 15 is 0 Å². The third-order valence-corrected chi connectivity index (χ3v) is 2.42. The lowest BCUT2D eigenvalue weighted by Crippen LogP contribution is -2.21. The summed E-state index contributed by atoms with van der Waals surface area (Å²) in [5.41, 5.74) is 3.72. The molecule has 2 aromatic carbocycles. The molecule has 5 heteroatoms. The quantitative estimate of drug-likeness (QED) is 0.669. The van der Waals surface area contributed by atoms with Crippen LogP contribution in [0.5, 0.6) is 0 Å². The fourth-order valence-electron chi connectivity index (χ4n) is 1.44. The Hall–Kier alpha value is -2.69. The summed E-state index contributed by atoms with van der Waals surface area (Å²) in [6.07, 6.45) is 1.35. The highest BCUT2D eigenvalue weighted by atomic mass is 19.1. The maximum absolute atomic E-state index is 13.3. The Labute approximate surface area is 109 Å². The van der Waals surface area contributed by atoms with Crippen molar-refractivity contribution >= 4 is 17.9 Å². The van der Waals surface area contributed by atoms with Gasteiger partial charge >= 0.3 is 0 Å². The number of halogens is 1. The van der Waals surface area contributed by atoms with Crippen molar-refractivity contribution in [2.24, 2.45) is 5.10 Å². The molecule has 0 aliphatic heterocycles. The average molecular weight is 257 g/mol. The van der Waals surface area contributed by atoms with Crippen LogP contribution in [0.25, 0.3) is 0 Å². The van der Waals surface area contributed by atoms with Crippen molar-refractivity contribution in [3.05, 3.63) is 65.5 Å². The Morgan fingerprint density at radius 1 is 1.16 bits per heavy atom. The minimum Gasteiger partial charge on any atom is -0.545 e. The number of hydrazone groups is 1. The number of rotatable bonds is 4. The Balaban J connectivity index is 2.03. The summed E-state index contributed by atoms with van der Waals surface area (Å²) < 4.78 is 13.3. The van der Waals surface area contributed by atoms with Gasteiger partial charge in [0.2, 0.25) is 0 Å². The molecule has 2 aromatic rings. The Bertz CT molecular complexity index is 609. The largest absolute Gasteiger partial charge is 0.545 e. The molecule has 96 valence electrons. The molecule has 0 fully saturated rings. The maximum atomic E-state index is 13.3. The van der Waals surface area contributed by atoms with E-state index in [1.165, 1.54) is 24.4 Å². The molecule has 0 saturated heterocycles.